The summed E-state index contributed by atoms with van der Waals surface area (Å²) in [6.07, 6.45) is 0. The minimum Gasteiger partial charge on any atom is -0.495 e. The molecule has 0 aliphatic rings. The van der Waals surface area contributed by atoms with Crippen LogP contribution in [0, 0.1) is 0 Å². The number of carbonyl (C=O) groups excluding carboxylic acids is 2. The van der Waals surface area contributed by atoms with Crippen molar-refractivity contribution in [3.05, 3.63) is 54.1 Å². The molecular formula is C19H24N4O3. The van der Waals surface area contributed by atoms with Crippen molar-refractivity contribution in [2.75, 3.05) is 30.9 Å². The van der Waals surface area contributed by atoms with E-state index in [4.69, 9.17) is 10.5 Å². The van der Waals surface area contributed by atoms with E-state index in [-0.39, 0.29) is 6.04 Å². The van der Waals surface area contributed by atoms with Crippen LogP contribution in [-0.4, -0.2) is 38.7 Å². The fourth-order valence-corrected chi connectivity index (χ4v) is 2.42. The number of anilines is 2. The van der Waals surface area contributed by atoms with Crippen molar-refractivity contribution in [2.45, 2.75) is 13.0 Å². The van der Waals surface area contributed by atoms with Crippen LogP contribution in [-0.2, 0) is 0 Å². The number of nitrogens with one attached hydrogen (secondary N) is 2. The summed E-state index contributed by atoms with van der Waals surface area (Å²) in [6, 6.07) is 14.2. The van der Waals surface area contributed by atoms with Gasteiger partial charge in [0.25, 0.3) is 0 Å². The molecule has 1 atom stereocenters. The number of nitrogens with two attached hydrogens (primary N) is 1. The normalized spacial score (nSPS) is 11.3. The molecule has 7 nitrogen and oxygen atoms in total. The van der Waals surface area contributed by atoms with E-state index in [1.165, 1.54) is 13.2 Å². The largest absolute Gasteiger partial charge is 0.495 e. The lowest BCUT2D eigenvalue weighted by molar-refractivity contribution is 0.1000. The molecule has 2 aromatic carbocycles. The lowest BCUT2D eigenvalue weighted by Crippen LogP contribution is -2.41. The van der Waals surface area contributed by atoms with Crippen LogP contribution < -0.4 is 26.0 Å². The van der Waals surface area contributed by atoms with Gasteiger partial charge in [-0.1, -0.05) is 18.2 Å². The quantitative estimate of drug-likeness (QED) is 0.710. The number of nitrogens with zero attached hydrogens (tertiary/aromatic N) is 1. The molecule has 0 aliphatic heterocycles. The lowest BCUT2D eigenvalue weighted by Gasteiger charge is -2.27. The van der Waals surface area contributed by atoms with Crippen LogP contribution in [0.1, 0.15) is 17.3 Å². The molecule has 0 fully saturated rings. The Kier molecular flexibility index (Phi) is 6.43. The Bertz CT molecular complexity index is 765. The third kappa shape index (κ3) is 4.89. The van der Waals surface area contributed by atoms with Crippen molar-refractivity contribution in [3.63, 3.8) is 0 Å². The number of urea groups is 1. The number of amides is 3. The monoisotopic (exact) mass is 356 g/mol. The number of rotatable bonds is 7. The number of primary amides is 1. The molecule has 0 aliphatic carbocycles. The molecule has 7 heteroatoms. The summed E-state index contributed by atoms with van der Waals surface area (Å²) in [5, 5.41) is 5.51. The zero-order valence-electron chi connectivity index (χ0n) is 15.2. The van der Waals surface area contributed by atoms with Gasteiger partial charge >= 0.3 is 6.03 Å². The van der Waals surface area contributed by atoms with E-state index in [9.17, 15) is 9.59 Å². The summed E-state index contributed by atoms with van der Waals surface area (Å²) in [4.78, 5) is 25.6. The number of hydrogen-bond donors (Lipinski definition) is 3. The molecule has 0 bridgehead atoms. The highest BCUT2D eigenvalue weighted by atomic mass is 16.5. The van der Waals surface area contributed by atoms with Gasteiger partial charge in [-0.3, -0.25) is 4.79 Å². The standard InChI is InChI=1S/C19H24N4O3/c1-13(23(2)15-7-5-4-6-8-15)12-21-19(25)22-16-11-14(18(20)24)9-10-17(16)26-3/h4-11,13H,12H2,1-3H3,(H2,20,24)(H2,21,22,25)/t13-/m1/s1. The molecule has 4 N–H and O–H groups in total. The number of likely N-dealkylation sites (N-methyl/N-ethyl adjacent to an activating group) is 1. The molecule has 0 heterocycles. The summed E-state index contributed by atoms with van der Waals surface area (Å²) in [5.74, 6) is -0.131. The fraction of sp³-hybridized carbons (Fsp3) is 0.263. The maximum Gasteiger partial charge on any atom is 0.319 e. The minimum absolute atomic E-state index is 0.0852. The molecule has 0 unspecified atom stereocenters. The third-order valence-corrected chi connectivity index (χ3v) is 4.11. The Hall–Kier alpha value is -3.22. The van der Waals surface area contributed by atoms with Crippen molar-refractivity contribution >= 4 is 23.3 Å². The zero-order valence-corrected chi connectivity index (χ0v) is 15.2. The molecule has 2 rings (SSSR count). The molecular weight excluding hydrogens is 332 g/mol. The van der Waals surface area contributed by atoms with E-state index < -0.39 is 11.9 Å². The van der Waals surface area contributed by atoms with Gasteiger partial charge in [0.2, 0.25) is 5.91 Å². The van der Waals surface area contributed by atoms with Crippen LogP contribution >= 0.6 is 0 Å². The van der Waals surface area contributed by atoms with Gasteiger partial charge in [0, 0.05) is 30.9 Å². The molecule has 0 aromatic heterocycles. The Morgan fingerprint density at radius 3 is 2.50 bits per heavy atom. The number of para-hydroxylation sites is 1. The maximum atomic E-state index is 12.2. The van der Waals surface area contributed by atoms with E-state index >= 15 is 0 Å². The Morgan fingerprint density at radius 1 is 1.19 bits per heavy atom. The highest BCUT2D eigenvalue weighted by Crippen LogP contribution is 2.25. The summed E-state index contributed by atoms with van der Waals surface area (Å²) in [6.45, 7) is 2.45. The van der Waals surface area contributed by atoms with Gasteiger partial charge in [0.05, 0.1) is 12.8 Å². The van der Waals surface area contributed by atoms with Crippen molar-refractivity contribution in [1.29, 1.82) is 0 Å². The van der Waals surface area contributed by atoms with Gasteiger partial charge in [-0.05, 0) is 37.3 Å². The SMILES string of the molecule is COc1ccc(C(N)=O)cc1NC(=O)NC[C@@H](C)N(C)c1ccccc1. The van der Waals surface area contributed by atoms with Crippen LogP contribution in [0.25, 0.3) is 0 Å². The molecule has 26 heavy (non-hydrogen) atoms. The Morgan fingerprint density at radius 2 is 1.88 bits per heavy atom. The third-order valence-electron chi connectivity index (χ3n) is 4.11. The molecule has 0 radical (unpaired) electrons. The first-order valence-electron chi connectivity index (χ1n) is 8.23. The number of ether oxygens (including phenoxy) is 1. The number of benzene rings is 2. The topological polar surface area (TPSA) is 96.7 Å². The minimum atomic E-state index is -0.575. The van der Waals surface area contributed by atoms with E-state index in [1.807, 2.05) is 44.3 Å². The second kappa shape index (κ2) is 8.75. The smallest absolute Gasteiger partial charge is 0.319 e. The van der Waals surface area contributed by atoms with Gasteiger partial charge in [-0.15, -0.1) is 0 Å². The summed E-state index contributed by atoms with van der Waals surface area (Å²) < 4.78 is 5.20. The van der Waals surface area contributed by atoms with Gasteiger partial charge in [0.1, 0.15) is 5.75 Å². The highest BCUT2D eigenvalue weighted by molar-refractivity contribution is 5.97. The summed E-state index contributed by atoms with van der Waals surface area (Å²) in [7, 11) is 3.46. The molecule has 138 valence electrons. The van der Waals surface area contributed by atoms with E-state index in [2.05, 4.69) is 15.5 Å². The van der Waals surface area contributed by atoms with E-state index in [0.717, 1.165) is 5.69 Å². The van der Waals surface area contributed by atoms with Gasteiger partial charge in [0.15, 0.2) is 0 Å². The zero-order chi connectivity index (χ0) is 19.1. The van der Waals surface area contributed by atoms with Crippen molar-refractivity contribution in [1.82, 2.24) is 5.32 Å². The molecule has 0 spiro atoms. The van der Waals surface area contributed by atoms with E-state index in [0.29, 0.717) is 23.5 Å². The maximum absolute atomic E-state index is 12.2. The molecule has 3 amide bonds. The first-order chi connectivity index (χ1) is 12.4. The molecule has 0 saturated heterocycles. The van der Waals surface area contributed by atoms with Crippen LogP contribution in [0.15, 0.2) is 48.5 Å². The van der Waals surface area contributed by atoms with Crippen molar-refractivity contribution < 1.29 is 14.3 Å². The van der Waals surface area contributed by atoms with Crippen LogP contribution in [0.2, 0.25) is 0 Å². The van der Waals surface area contributed by atoms with Crippen LogP contribution in [0.4, 0.5) is 16.2 Å². The van der Waals surface area contributed by atoms with Gasteiger partial charge in [-0.25, -0.2) is 4.79 Å². The Labute approximate surface area is 153 Å². The second-order valence-electron chi connectivity index (χ2n) is 5.91. The average molecular weight is 356 g/mol. The number of carbonyl (C=O) groups is 2. The van der Waals surface area contributed by atoms with Crippen LogP contribution in [0.3, 0.4) is 0 Å². The molecule has 0 saturated carbocycles. The average Bonchev–Trinajstić information content (AvgIpc) is 2.66. The number of hydrogen-bond acceptors (Lipinski definition) is 4. The van der Waals surface area contributed by atoms with Gasteiger partial charge in [-0.2, -0.15) is 0 Å². The summed E-state index contributed by atoms with van der Waals surface area (Å²) in [5.41, 5.74) is 7.02. The predicted molar refractivity (Wildman–Crippen MR) is 103 cm³/mol. The molecule has 2 aromatic rings. The fourth-order valence-electron chi connectivity index (χ4n) is 2.42. The lowest BCUT2D eigenvalue weighted by atomic mass is 10.2. The predicted octanol–water partition coefficient (Wildman–Crippen LogP) is 2.44. The van der Waals surface area contributed by atoms with Crippen LogP contribution in [0.5, 0.6) is 5.75 Å². The van der Waals surface area contributed by atoms with Crippen molar-refractivity contribution in [2.24, 2.45) is 5.73 Å². The summed E-state index contributed by atoms with van der Waals surface area (Å²) >= 11 is 0. The Balaban J connectivity index is 1.96. The van der Waals surface area contributed by atoms with E-state index in [1.54, 1.807) is 12.1 Å². The number of methoxy groups -OCH3 is 1. The highest BCUT2D eigenvalue weighted by Gasteiger charge is 2.13. The first-order valence-corrected chi connectivity index (χ1v) is 8.23. The second-order valence-corrected chi connectivity index (χ2v) is 5.91. The first kappa shape index (κ1) is 19.1. The van der Waals surface area contributed by atoms with Gasteiger partial charge < -0.3 is 26.0 Å². The van der Waals surface area contributed by atoms with Crippen molar-refractivity contribution in [3.8, 4) is 5.75 Å².